The highest BCUT2D eigenvalue weighted by Crippen LogP contribution is 2.13. The number of rotatable bonds is 8. The van der Waals surface area contributed by atoms with Crippen molar-refractivity contribution in [1.29, 1.82) is 5.26 Å². The molecule has 0 amide bonds. The van der Waals surface area contributed by atoms with Gasteiger partial charge in [0.2, 0.25) is 0 Å². The Labute approximate surface area is 97.9 Å². The molecule has 0 spiro atoms. The summed E-state index contributed by atoms with van der Waals surface area (Å²) in [6.45, 7) is 6.53. The van der Waals surface area contributed by atoms with Crippen LogP contribution in [0.5, 0.6) is 0 Å². The highest BCUT2D eigenvalue weighted by molar-refractivity contribution is 5.73. The van der Waals surface area contributed by atoms with Gasteiger partial charge >= 0.3 is 5.97 Å². The van der Waals surface area contributed by atoms with Crippen LogP contribution in [0.15, 0.2) is 0 Å². The molecule has 1 unspecified atom stereocenters. The van der Waals surface area contributed by atoms with E-state index in [9.17, 15) is 9.90 Å². The van der Waals surface area contributed by atoms with E-state index in [0.717, 1.165) is 12.8 Å². The van der Waals surface area contributed by atoms with Crippen molar-refractivity contribution in [3.8, 4) is 6.07 Å². The fraction of sp³-hybridized carbons (Fsp3) is 0.833. The van der Waals surface area contributed by atoms with Crippen molar-refractivity contribution in [2.75, 3.05) is 6.54 Å². The average molecular weight is 226 g/mol. The summed E-state index contributed by atoms with van der Waals surface area (Å²) in [5.74, 6) is -0.778. The highest BCUT2D eigenvalue weighted by atomic mass is 16.4. The molecule has 0 aliphatic rings. The molecule has 0 bridgehead atoms. The van der Waals surface area contributed by atoms with Gasteiger partial charge in [0.25, 0.3) is 0 Å². The zero-order valence-corrected chi connectivity index (χ0v) is 10.4. The van der Waals surface area contributed by atoms with Crippen LogP contribution in [0.1, 0.15) is 46.5 Å². The zero-order valence-electron chi connectivity index (χ0n) is 10.4. The van der Waals surface area contributed by atoms with Gasteiger partial charge in [-0.1, -0.05) is 19.8 Å². The fourth-order valence-corrected chi connectivity index (χ4v) is 1.78. The Morgan fingerprint density at radius 3 is 2.50 bits per heavy atom. The number of carboxylic acids is 1. The van der Waals surface area contributed by atoms with E-state index in [1.165, 1.54) is 0 Å². The molecular weight excluding hydrogens is 204 g/mol. The van der Waals surface area contributed by atoms with Crippen molar-refractivity contribution in [3.05, 3.63) is 0 Å². The lowest BCUT2D eigenvalue weighted by atomic mass is 10.1. The number of hydrogen-bond acceptors (Lipinski definition) is 3. The van der Waals surface area contributed by atoms with Crippen LogP contribution in [0, 0.1) is 11.3 Å². The Morgan fingerprint density at radius 1 is 1.50 bits per heavy atom. The minimum absolute atomic E-state index is 0.159. The van der Waals surface area contributed by atoms with Gasteiger partial charge in [-0.2, -0.15) is 5.26 Å². The molecule has 0 aromatic heterocycles. The lowest BCUT2D eigenvalue weighted by molar-refractivity contribution is -0.144. The van der Waals surface area contributed by atoms with Crippen molar-refractivity contribution in [1.82, 2.24) is 4.90 Å². The van der Waals surface area contributed by atoms with Gasteiger partial charge in [0.1, 0.15) is 6.04 Å². The summed E-state index contributed by atoms with van der Waals surface area (Å²) in [5.41, 5.74) is 0. The standard InChI is InChI=1S/C12H22N2O2/c1-4-5-7-11(12(15)16)14(10(2)3)9-6-8-13/h10-11H,4-7,9H2,1-3H3,(H,15,16). The Bertz CT molecular complexity index is 246. The van der Waals surface area contributed by atoms with Crippen molar-refractivity contribution in [2.24, 2.45) is 0 Å². The molecule has 0 radical (unpaired) electrons. The first kappa shape index (κ1) is 14.9. The van der Waals surface area contributed by atoms with Crippen LogP contribution >= 0.6 is 0 Å². The normalized spacial score (nSPS) is 12.8. The molecule has 0 saturated heterocycles. The lowest BCUT2D eigenvalue weighted by Crippen LogP contribution is -2.45. The lowest BCUT2D eigenvalue weighted by Gasteiger charge is -2.31. The second kappa shape index (κ2) is 8.12. The molecule has 92 valence electrons. The Morgan fingerprint density at radius 2 is 2.12 bits per heavy atom. The van der Waals surface area contributed by atoms with Crippen LogP contribution < -0.4 is 0 Å². The molecule has 0 heterocycles. The van der Waals surface area contributed by atoms with E-state index in [4.69, 9.17) is 5.26 Å². The smallest absolute Gasteiger partial charge is 0.320 e. The first-order chi connectivity index (χ1) is 7.54. The first-order valence-corrected chi connectivity index (χ1v) is 5.90. The molecule has 0 saturated carbocycles. The van der Waals surface area contributed by atoms with Crippen LogP contribution in [-0.2, 0) is 4.79 Å². The Hall–Kier alpha value is -1.08. The van der Waals surface area contributed by atoms with Crippen LogP contribution in [0.4, 0.5) is 0 Å². The van der Waals surface area contributed by atoms with Gasteiger partial charge in [0.05, 0.1) is 6.07 Å². The monoisotopic (exact) mass is 226 g/mol. The molecule has 0 aliphatic heterocycles. The van der Waals surface area contributed by atoms with E-state index >= 15 is 0 Å². The second-order valence-corrected chi connectivity index (χ2v) is 4.24. The average Bonchev–Trinajstić information content (AvgIpc) is 2.21. The summed E-state index contributed by atoms with van der Waals surface area (Å²) < 4.78 is 0. The van der Waals surface area contributed by atoms with Gasteiger partial charge in [-0.3, -0.25) is 9.69 Å². The summed E-state index contributed by atoms with van der Waals surface area (Å²) in [7, 11) is 0. The molecular formula is C12H22N2O2. The number of carbonyl (C=O) groups is 1. The van der Waals surface area contributed by atoms with Crippen LogP contribution in [0.3, 0.4) is 0 Å². The molecule has 1 atom stereocenters. The van der Waals surface area contributed by atoms with E-state index in [2.05, 4.69) is 6.07 Å². The van der Waals surface area contributed by atoms with Crippen LogP contribution in [0.25, 0.3) is 0 Å². The summed E-state index contributed by atoms with van der Waals surface area (Å²) in [4.78, 5) is 13.1. The predicted molar refractivity (Wildman–Crippen MR) is 63.0 cm³/mol. The van der Waals surface area contributed by atoms with Crippen molar-refractivity contribution in [3.63, 3.8) is 0 Å². The van der Waals surface area contributed by atoms with Gasteiger partial charge in [0.15, 0.2) is 0 Å². The van der Waals surface area contributed by atoms with Gasteiger partial charge in [-0.15, -0.1) is 0 Å². The minimum Gasteiger partial charge on any atom is -0.480 e. The Kier molecular flexibility index (Phi) is 7.57. The van der Waals surface area contributed by atoms with E-state index in [1.807, 2.05) is 25.7 Å². The molecule has 16 heavy (non-hydrogen) atoms. The number of unbranched alkanes of at least 4 members (excludes halogenated alkanes) is 1. The maximum Gasteiger partial charge on any atom is 0.320 e. The first-order valence-electron chi connectivity index (χ1n) is 5.90. The third kappa shape index (κ3) is 5.13. The van der Waals surface area contributed by atoms with Gasteiger partial charge < -0.3 is 5.11 Å². The predicted octanol–water partition coefficient (Wildman–Crippen LogP) is 2.25. The van der Waals surface area contributed by atoms with E-state index in [0.29, 0.717) is 19.4 Å². The summed E-state index contributed by atoms with van der Waals surface area (Å²) in [6, 6.07) is 1.78. The molecule has 0 aliphatic carbocycles. The summed E-state index contributed by atoms with van der Waals surface area (Å²) in [5, 5.41) is 17.8. The molecule has 0 rings (SSSR count). The van der Waals surface area contributed by atoms with E-state index in [-0.39, 0.29) is 6.04 Å². The molecule has 4 nitrogen and oxygen atoms in total. The third-order valence-corrected chi connectivity index (χ3v) is 2.66. The fourth-order valence-electron chi connectivity index (χ4n) is 1.78. The topological polar surface area (TPSA) is 64.3 Å². The largest absolute Gasteiger partial charge is 0.480 e. The van der Waals surface area contributed by atoms with Gasteiger partial charge in [0, 0.05) is 19.0 Å². The number of nitrogens with zero attached hydrogens (tertiary/aromatic N) is 2. The quantitative estimate of drug-likeness (QED) is 0.689. The molecule has 4 heteroatoms. The molecule has 1 N–H and O–H groups in total. The van der Waals surface area contributed by atoms with Crippen LogP contribution in [0.2, 0.25) is 0 Å². The SMILES string of the molecule is CCCCC(C(=O)O)N(CCC#N)C(C)C. The van der Waals surface area contributed by atoms with Crippen molar-refractivity contribution in [2.45, 2.75) is 58.5 Å². The highest BCUT2D eigenvalue weighted by Gasteiger charge is 2.26. The maximum atomic E-state index is 11.2. The Balaban J connectivity index is 4.53. The maximum absolute atomic E-state index is 11.2. The van der Waals surface area contributed by atoms with Crippen molar-refractivity contribution >= 4 is 5.97 Å². The number of nitriles is 1. The van der Waals surface area contributed by atoms with E-state index < -0.39 is 12.0 Å². The summed E-state index contributed by atoms with van der Waals surface area (Å²) >= 11 is 0. The molecule has 0 fully saturated rings. The molecule has 0 aromatic rings. The van der Waals surface area contributed by atoms with E-state index in [1.54, 1.807) is 0 Å². The van der Waals surface area contributed by atoms with Gasteiger partial charge in [-0.05, 0) is 20.3 Å². The molecule has 0 aromatic carbocycles. The zero-order chi connectivity index (χ0) is 12.6. The third-order valence-electron chi connectivity index (χ3n) is 2.66. The number of aliphatic carboxylic acids is 1. The van der Waals surface area contributed by atoms with Crippen molar-refractivity contribution < 1.29 is 9.90 Å². The van der Waals surface area contributed by atoms with Crippen LogP contribution in [-0.4, -0.2) is 34.6 Å². The van der Waals surface area contributed by atoms with Gasteiger partial charge in [-0.25, -0.2) is 0 Å². The minimum atomic E-state index is -0.778. The summed E-state index contributed by atoms with van der Waals surface area (Å²) in [6.07, 6.45) is 2.95. The number of carboxylic acid groups (broad SMARTS) is 1. The number of hydrogen-bond donors (Lipinski definition) is 1. The second-order valence-electron chi connectivity index (χ2n) is 4.24.